The summed E-state index contributed by atoms with van der Waals surface area (Å²) in [5.74, 6) is -0.0768. The predicted molar refractivity (Wildman–Crippen MR) is 98.8 cm³/mol. The number of aromatic nitrogens is 1. The molecule has 1 spiro atoms. The van der Waals surface area contributed by atoms with Gasteiger partial charge in [-0.2, -0.15) is 0 Å². The summed E-state index contributed by atoms with van der Waals surface area (Å²) >= 11 is 0. The minimum absolute atomic E-state index is 0.00263. The number of amides is 1. The van der Waals surface area contributed by atoms with Crippen molar-refractivity contribution in [2.45, 2.75) is 70.5 Å². The minimum Gasteiger partial charge on any atom is -0.472 e. The van der Waals surface area contributed by atoms with Crippen LogP contribution in [0.4, 0.5) is 4.39 Å². The van der Waals surface area contributed by atoms with Crippen molar-refractivity contribution in [3.8, 4) is 5.88 Å². The van der Waals surface area contributed by atoms with Crippen LogP contribution in [0, 0.1) is 17.2 Å². The van der Waals surface area contributed by atoms with Crippen LogP contribution in [-0.2, 0) is 11.2 Å². The first kappa shape index (κ1) is 18.7. The molecule has 148 valence electrons. The number of carbonyl (C=O) groups excluding carboxylic acids is 1. The van der Waals surface area contributed by atoms with Crippen LogP contribution in [0.5, 0.6) is 5.88 Å². The quantitative estimate of drug-likeness (QED) is 0.877. The summed E-state index contributed by atoms with van der Waals surface area (Å²) in [5, 5.41) is 9.83. The van der Waals surface area contributed by atoms with Crippen molar-refractivity contribution >= 4 is 5.91 Å². The van der Waals surface area contributed by atoms with Gasteiger partial charge in [-0.15, -0.1) is 0 Å². The molecule has 1 aliphatic heterocycles. The smallest absolute Gasteiger partial charge is 0.250 e. The number of aliphatic hydroxyl groups is 1. The number of pyridine rings is 1. The van der Waals surface area contributed by atoms with E-state index in [1.54, 1.807) is 13.1 Å². The van der Waals surface area contributed by atoms with Crippen molar-refractivity contribution in [1.82, 2.24) is 9.88 Å². The number of carbonyl (C=O) groups is 1. The highest BCUT2D eigenvalue weighted by Gasteiger charge is 2.51. The number of rotatable bonds is 4. The van der Waals surface area contributed by atoms with Crippen LogP contribution in [0.3, 0.4) is 0 Å². The molecule has 27 heavy (non-hydrogen) atoms. The number of aryl methyl sites for hydroxylation is 1. The summed E-state index contributed by atoms with van der Waals surface area (Å²) in [7, 11) is 0. The molecule has 2 saturated carbocycles. The number of halogens is 1. The Kier molecular flexibility index (Phi) is 4.65. The van der Waals surface area contributed by atoms with E-state index in [4.69, 9.17) is 4.74 Å². The van der Waals surface area contributed by atoms with Gasteiger partial charge in [0.2, 0.25) is 5.91 Å². The maximum atomic E-state index is 14.1. The minimum atomic E-state index is -0.656. The third-order valence-electron chi connectivity index (χ3n) is 6.63. The average molecular weight is 376 g/mol. The maximum Gasteiger partial charge on any atom is 0.250 e. The van der Waals surface area contributed by atoms with E-state index in [0.717, 1.165) is 50.8 Å². The first-order valence-corrected chi connectivity index (χ1v) is 10.1. The topological polar surface area (TPSA) is 62.7 Å². The zero-order valence-electron chi connectivity index (χ0n) is 16.2. The lowest BCUT2D eigenvalue weighted by Gasteiger charge is -2.55. The van der Waals surface area contributed by atoms with E-state index in [1.807, 2.05) is 11.8 Å². The molecule has 0 aromatic carbocycles. The largest absolute Gasteiger partial charge is 0.472 e. The van der Waals surface area contributed by atoms with Gasteiger partial charge in [-0.3, -0.25) is 4.79 Å². The van der Waals surface area contributed by atoms with Gasteiger partial charge in [0.1, 0.15) is 6.10 Å². The van der Waals surface area contributed by atoms with E-state index in [0.29, 0.717) is 12.8 Å². The highest BCUT2D eigenvalue weighted by molar-refractivity contribution is 5.81. The molecular weight excluding hydrogens is 347 g/mol. The summed E-state index contributed by atoms with van der Waals surface area (Å²) in [5.41, 5.74) is 0.422. The van der Waals surface area contributed by atoms with Crippen LogP contribution >= 0.6 is 0 Å². The highest BCUT2D eigenvalue weighted by atomic mass is 19.1. The van der Waals surface area contributed by atoms with Crippen molar-refractivity contribution < 1.29 is 19.0 Å². The van der Waals surface area contributed by atoms with E-state index in [-0.39, 0.29) is 35.0 Å². The first-order valence-electron chi connectivity index (χ1n) is 10.1. The Hall–Kier alpha value is -1.69. The van der Waals surface area contributed by atoms with Crippen molar-refractivity contribution in [2.75, 3.05) is 13.1 Å². The Balaban J connectivity index is 1.25. The number of hydrogen-bond acceptors (Lipinski definition) is 4. The maximum absolute atomic E-state index is 14.1. The SMILES string of the molecule is CCc1cnc(OC2CCC3(CC2)CN(C(=O)C2CC(C)(O)C2)C3)c(F)c1. The predicted octanol–water partition coefficient (Wildman–Crippen LogP) is 3.09. The van der Waals surface area contributed by atoms with Crippen molar-refractivity contribution in [3.63, 3.8) is 0 Å². The molecule has 1 N–H and O–H groups in total. The van der Waals surface area contributed by atoms with Crippen LogP contribution in [-0.4, -0.2) is 45.7 Å². The molecule has 6 heteroatoms. The van der Waals surface area contributed by atoms with E-state index in [2.05, 4.69) is 4.98 Å². The molecule has 4 rings (SSSR count). The molecule has 1 aromatic heterocycles. The molecule has 0 atom stereocenters. The molecule has 2 aliphatic carbocycles. The van der Waals surface area contributed by atoms with Gasteiger partial charge >= 0.3 is 0 Å². The van der Waals surface area contributed by atoms with Gasteiger partial charge in [0, 0.05) is 30.6 Å². The lowest BCUT2D eigenvalue weighted by molar-refractivity contribution is -0.164. The molecule has 0 unspecified atom stereocenters. The third-order valence-corrected chi connectivity index (χ3v) is 6.63. The Morgan fingerprint density at radius 1 is 1.37 bits per heavy atom. The first-order chi connectivity index (χ1) is 12.8. The van der Waals surface area contributed by atoms with Crippen molar-refractivity contribution in [1.29, 1.82) is 0 Å². The molecule has 5 nitrogen and oxygen atoms in total. The molecular formula is C21H29FN2O3. The van der Waals surface area contributed by atoms with Gasteiger partial charge in [-0.05, 0) is 63.5 Å². The summed E-state index contributed by atoms with van der Waals surface area (Å²) in [6.07, 6.45) is 7.34. The molecule has 3 fully saturated rings. The molecule has 1 aromatic rings. The fourth-order valence-corrected chi connectivity index (χ4v) is 4.89. The Morgan fingerprint density at radius 2 is 2.04 bits per heavy atom. The third kappa shape index (κ3) is 3.68. The van der Waals surface area contributed by atoms with Gasteiger partial charge in [-0.25, -0.2) is 9.37 Å². The van der Waals surface area contributed by atoms with E-state index in [1.165, 1.54) is 6.07 Å². The second-order valence-corrected chi connectivity index (χ2v) is 9.10. The molecule has 3 aliphatic rings. The number of ether oxygens (including phenoxy) is 1. The standard InChI is InChI=1S/C21H29FN2O3/c1-3-14-8-17(22)18(23-11-14)27-16-4-6-21(7-5-16)12-24(13-21)19(25)15-9-20(2,26)10-15/h8,11,15-16,26H,3-7,9-10,12-13H2,1-2H3. The van der Waals surface area contributed by atoms with Gasteiger partial charge in [-0.1, -0.05) is 6.92 Å². The normalized spacial score (nSPS) is 29.9. The zero-order chi connectivity index (χ0) is 19.2. The monoisotopic (exact) mass is 376 g/mol. The van der Waals surface area contributed by atoms with Crippen LogP contribution in [0.25, 0.3) is 0 Å². The van der Waals surface area contributed by atoms with Gasteiger partial charge in [0.05, 0.1) is 5.60 Å². The molecule has 1 amide bonds. The zero-order valence-corrected chi connectivity index (χ0v) is 16.2. The highest BCUT2D eigenvalue weighted by Crippen LogP contribution is 2.47. The van der Waals surface area contributed by atoms with Gasteiger partial charge < -0.3 is 14.7 Å². The van der Waals surface area contributed by atoms with Crippen LogP contribution in [0.2, 0.25) is 0 Å². The van der Waals surface area contributed by atoms with Crippen LogP contribution in [0.1, 0.15) is 57.9 Å². The van der Waals surface area contributed by atoms with Crippen LogP contribution < -0.4 is 4.74 Å². The fourth-order valence-electron chi connectivity index (χ4n) is 4.89. The molecule has 2 heterocycles. The second-order valence-electron chi connectivity index (χ2n) is 9.10. The number of likely N-dealkylation sites (tertiary alicyclic amines) is 1. The van der Waals surface area contributed by atoms with E-state index >= 15 is 0 Å². The Morgan fingerprint density at radius 3 is 2.59 bits per heavy atom. The van der Waals surface area contributed by atoms with Gasteiger partial charge in [0.25, 0.3) is 5.88 Å². The summed E-state index contributed by atoms with van der Waals surface area (Å²) < 4.78 is 19.9. The lowest BCUT2D eigenvalue weighted by atomic mass is 9.66. The fraction of sp³-hybridized carbons (Fsp3) is 0.714. The average Bonchev–Trinajstić information content (AvgIpc) is 2.59. The Bertz CT molecular complexity index is 712. The molecule has 0 radical (unpaired) electrons. The summed E-state index contributed by atoms with van der Waals surface area (Å²) in [6.45, 7) is 5.39. The van der Waals surface area contributed by atoms with Gasteiger partial charge in [0.15, 0.2) is 5.82 Å². The molecule has 0 bridgehead atoms. The van der Waals surface area contributed by atoms with E-state index in [9.17, 15) is 14.3 Å². The van der Waals surface area contributed by atoms with Crippen molar-refractivity contribution in [2.24, 2.45) is 11.3 Å². The number of hydrogen-bond donors (Lipinski definition) is 1. The summed E-state index contributed by atoms with van der Waals surface area (Å²) in [6, 6.07) is 1.50. The van der Waals surface area contributed by atoms with Crippen molar-refractivity contribution in [3.05, 3.63) is 23.6 Å². The molecule has 1 saturated heterocycles. The Labute approximate surface area is 159 Å². The lowest BCUT2D eigenvalue weighted by Crippen LogP contribution is -2.63. The van der Waals surface area contributed by atoms with E-state index < -0.39 is 5.60 Å². The number of nitrogens with zero attached hydrogens (tertiary/aromatic N) is 2. The summed E-state index contributed by atoms with van der Waals surface area (Å²) in [4.78, 5) is 18.5. The van der Waals surface area contributed by atoms with Crippen LogP contribution in [0.15, 0.2) is 12.3 Å². The second kappa shape index (κ2) is 6.73.